The molecule has 0 saturated heterocycles. The molecule has 1 heterocycles. The van der Waals surface area contributed by atoms with Crippen molar-refractivity contribution in [3.05, 3.63) is 11.1 Å². The van der Waals surface area contributed by atoms with E-state index in [1.807, 2.05) is 12.3 Å². The number of ether oxygens (including phenoxy) is 1. The molecular formula is C12H20N2OS. The lowest BCUT2D eigenvalue weighted by Gasteiger charge is -2.29. The molecule has 90 valence electrons. The monoisotopic (exact) mass is 240 g/mol. The van der Waals surface area contributed by atoms with Crippen molar-refractivity contribution in [1.82, 2.24) is 4.98 Å². The van der Waals surface area contributed by atoms with Gasteiger partial charge in [0.25, 0.3) is 5.19 Å². The maximum atomic E-state index is 5.80. The molecule has 0 aliphatic heterocycles. The van der Waals surface area contributed by atoms with Crippen LogP contribution in [0.3, 0.4) is 0 Å². The number of hydrogen-bond donors (Lipinski definition) is 1. The molecule has 2 N–H and O–H groups in total. The molecule has 1 saturated carbocycles. The summed E-state index contributed by atoms with van der Waals surface area (Å²) in [5.41, 5.74) is 6.84. The first-order valence-corrected chi connectivity index (χ1v) is 6.92. The molecule has 0 radical (unpaired) electrons. The van der Waals surface area contributed by atoms with Gasteiger partial charge in [-0.2, -0.15) is 0 Å². The van der Waals surface area contributed by atoms with Crippen LogP contribution in [0, 0.1) is 18.8 Å². The SMILES string of the molecule is Cc1csc(OCC2CCCCC2CN)n1. The molecule has 0 bridgehead atoms. The van der Waals surface area contributed by atoms with E-state index < -0.39 is 0 Å². The van der Waals surface area contributed by atoms with Gasteiger partial charge in [0, 0.05) is 5.38 Å². The number of nitrogens with two attached hydrogens (primary N) is 1. The van der Waals surface area contributed by atoms with E-state index >= 15 is 0 Å². The molecule has 0 aromatic carbocycles. The number of rotatable bonds is 4. The van der Waals surface area contributed by atoms with Crippen LogP contribution < -0.4 is 10.5 Å². The zero-order valence-electron chi connectivity index (χ0n) is 9.82. The van der Waals surface area contributed by atoms with E-state index in [0.717, 1.165) is 24.0 Å². The minimum absolute atomic E-state index is 0.628. The van der Waals surface area contributed by atoms with Crippen molar-refractivity contribution in [3.8, 4) is 5.19 Å². The van der Waals surface area contributed by atoms with Gasteiger partial charge in [0.15, 0.2) is 0 Å². The number of nitrogens with zero attached hydrogens (tertiary/aromatic N) is 1. The van der Waals surface area contributed by atoms with Crippen LogP contribution in [0.15, 0.2) is 5.38 Å². The molecule has 1 aromatic heterocycles. The van der Waals surface area contributed by atoms with Crippen molar-refractivity contribution in [2.45, 2.75) is 32.6 Å². The Kier molecular flexibility index (Phi) is 4.18. The lowest BCUT2D eigenvalue weighted by molar-refractivity contribution is 0.153. The zero-order chi connectivity index (χ0) is 11.4. The minimum atomic E-state index is 0.628. The van der Waals surface area contributed by atoms with Crippen LogP contribution >= 0.6 is 11.3 Å². The van der Waals surface area contributed by atoms with Crippen molar-refractivity contribution in [3.63, 3.8) is 0 Å². The fourth-order valence-electron chi connectivity index (χ4n) is 2.39. The topological polar surface area (TPSA) is 48.1 Å². The fraction of sp³-hybridized carbons (Fsp3) is 0.750. The summed E-state index contributed by atoms with van der Waals surface area (Å²) < 4.78 is 5.75. The van der Waals surface area contributed by atoms with E-state index in [9.17, 15) is 0 Å². The third kappa shape index (κ3) is 2.95. The van der Waals surface area contributed by atoms with Crippen LogP contribution in [-0.4, -0.2) is 18.1 Å². The molecule has 0 spiro atoms. The van der Waals surface area contributed by atoms with Gasteiger partial charge >= 0.3 is 0 Å². The van der Waals surface area contributed by atoms with Crippen LogP contribution in [0.25, 0.3) is 0 Å². The quantitative estimate of drug-likeness (QED) is 0.880. The van der Waals surface area contributed by atoms with Crippen LogP contribution in [0.2, 0.25) is 0 Å². The highest BCUT2D eigenvalue weighted by Gasteiger charge is 2.24. The Balaban J connectivity index is 1.84. The van der Waals surface area contributed by atoms with Gasteiger partial charge in [-0.05, 0) is 38.1 Å². The van der Waals surface area contributed by atoms with E-state index in [1.165, 1.54) is 25.7 Å². The fourth-order valence-corrected chi connectivity index (χ4v) is 3.05. The van der Waals surface area contributed by atoms with Gasteiger partial charge in [0.05, 0.1) is 12.3 Å². The first-order valence-electron chi connectivity index (χ1n) is 6.04. The summed E-state index contributed by atoms with van der Waals surface area (Å²) >= 11 is 1.58. The Morgan fingerprint density at radius 2 is 2.19 bits per heavy atom. The maximum Gasteiger partial charge on any atom is 0.273 e. The predicted octanol–water partition coefficient (Wildman–Crippen LogP) is 2.60. The molecule has 2 atom stereocenters. The molecular weight excluding hydrogens is 220 g/mol. The third-order valence-electron chi connectivity index (χ3n) is 3.39. The van der Waals surface area contributed by atoms with Crippen molar-refractivity contribution in [2.75, 3.05) is 13.2 Å². The first-order chi connectivity index (χ1) is 7.79. The molecule has 1 aliphatic rings. The summed E-state index contributed by atoms with van der Waals surface area (Å²) in [4.78, 5) is 4.31. The zero-order valence-corrected chi connectivity index (χ0v) is 10.6. The normalized spacial score (nSPS) is 25.6. The number of aromatic nitrogens is 1. The van der Waals surface area contributed by atoms with E-state index in [-0.39, 0.29) is 0 Å². The summed E-state index contributed by atoms with van der Waals surface area (Å²) in [7, 11) is 0. The second kappa shape index (κ2) is 5.64. The van der Waals surface area contributed by atoms with Gasteiger partial charge in [-0.1, -0.05) is 24.2 Å². The van der Waals surface area contributed by atoms with Gasteiger partial charge in [0.1, 0.15) is 0 Å². The summed E-state index contributed by atoms with van der Waals surface area (Å²) in [5.74, 6) is 1.28. The van der Waals surface area contributed by atoms with Crippen LogP contribution in [0.1, 0.15) is 31.4 Å². The van der Waals surface area contributed by atoms with Gasteiger partial charge in [-0.25, -0.2) is 4.98 Å². The maximum absolute atomic E-state index is 5.80. The Hall–Kier alpha value is -0.610. The Labute approximate surface area is 101 Å². The molecule has 1 fully saturated rings. The predicted molar refractivity (Wildman–Crippen MR) is 66.8 cm³/mol. The standard InChI is InChI=1S/C12H20N2OS/c1-9-8-16-12(14-9)15-7-11-5-3-2-4-10(11)6-13/h8,10-11H,2-7,13H2,1H3. The summed E-state index contributed by atoms with van der Waals surface area (Å²) in [5, 5.41) is 2.83. The van der Waals surface area contributed by atoms with Gasteiger partial charge < -0.3 is 10.5 Å². The van der Waals surface area contributed by atoms with Gasteiger partial charge in [0.2, 0.25) is 0 Å². The Morgan fingerprint density at radius 3 is 2.81 bits per heavy atom. The number of thiazole rings is 1. The third-order valence-corrected chi connectivity index (χ3v) is 4.26. The molecule has 3 nitrogen and oxygen atoms in total. The van der Waals surface area contributed by atoms with Crippen molar-refractivity contribution in [2.24, 2.45) is 17.6 Å². The Morgan fingerprint density at radius 1 is 1.44 bits per heavy atom. The van der Waals surface area contributed by atoms with E-state index in [4.69, 9.17) is 10.5 Å². The summed E-state index contributed by atoms with van der Waals surface area (Å²) in [6.45, 7) is 3.58. The van der Waals surface area contributed by atoms with Gasteiger partial charge in [-0.3, -0.25) is 0 Å². The smallest absolute Gasteiger partial charge is 0.273 e. The van der Waals surface area contributed by atoms with Crippen LogP contribution in [-0.2, 0) is 0 Å². The molecule has 1 aliphatic carbocycles. The van der Waals surface area contributed by atoms with Crippen molar-refractivity contribution >= 4 is 11.3 Å². The highest BCUT2D eigenvalue weighted by Crippen LogP contribution is 2.30. The molecule has 1 aromatic rings. The lowest BCUT2D eigenvalue weighted by atomic mass is 9.80. The molecule has 2 rings (SSSR count). The average Bonchev–Trinajstić information content (AvgIpc) is 2.73. The van der Waals surface area contributed by atoms with E-state index in [1.54, 1.807) is 11.3 Å². The van der Waals surface area contributed by atoms with E-state index in [2.05, 4.69) is 4.98 Å². The molecule has 16 heavy (non-hydrogen) atoms. The number of aryl methyl sites for hydroxylation is 1. The summed E-state index contributed by atoms with van der Waals surface area (Å²) in [6.07, 6.45) is 5.17. The molecule has 0 amide bonds. The van der Waals surface area contributed by atoms with Crippen molar-refractivity contribution in [1.29, 1.82) is 0 Å². The van der Waals surface area contributed by atoms with Crippen molar-refractivity contribution < 1.29 is 4.74 Å². The second-order valence-electron chi connectivity index (χ2n) is 4.61. The Bertz CT molecular complexity index is 327. The minimum Gasteiger partial charge on any atom is -0.470 e. The van der Waals surface area contributed by atoms with Gasteiger partial charge in [-0.15, -0.1) is 0 Å². The van der Waals surface area contributed by atoms with Crippen LogP contribution in [0.5, 0.6) is 5.19 Å². The summed E-state index contributed by atoms with van der Waals surface area (Å²) in [6, 6.07) is 0. The van der Waals surface area contributed by atoms with E-state index in [0.29, 0.717) is 11.8 Å². The first kappa shape index (κ1) is 11.9. The second-order valence-corrected chi connectivity index (χ2v) is 5.43. The molecule has 4 heteroatoms. The number of hydrogen-bond acceptors (Lipinski definition) is 4. The average molecular weight is 240 g/mol. The van der Waals surface area contributed by atoms with Crippen LogP contribution in [0.4, 0.5) is 0 Å². The highest BCUT2D eigenvalue weighted by atomic mass is 32.1. The highest BCUT2D eigenvalue weighted by molar-refractivity contribution is 7.11. The molecule has 2 unspecified atom stereocenters. The lowest BCUT2D eigenvalue weighted by Crippen LogP contribution is -2.30. The largest absolute Gasteiger partial charge is 0.470 e.